The van der Waals surface area contributed by atoms with Crippen LogP contribution in [0.15, 0.2) is 18.2 Å². The van der Waals surface area contributed by atoms with Gasteiger partial charge >= 0.3 is 0 Å². The molecule has 0 spiro atoms. The van der Waals surface area contributed by atoms with Gasteiger partial charge in [-0.25, -0.2) is 0 Å². The van der Waals surface area contributed by atoms with Crippen molar-refractivity contribution in [2.75, 3.05) is 0 Å². The van der Waals surface area contributed by atoms with Crippen LogP contribution in [0.5, 0.6) is 5.75 Å². The van der Waals surface area contributed by atoms with E-state index in [1.807, 2.05) is 12.1 Å². The van der Waals surface area contributed by atoms with Gasteiger partial charge in [-0.2, -0.15) is 0 Å². The first-order valence-corrected chi connectivity index (χ1v) is 7.70. The molecular formula is C17H24O2. The first-order valence-electron chi connectivity index (χ1n) is 7.70. The predicted octanol–water partition coefficient (Wildman–Crippen LogP) is 4.01. The Balaban J connectivity index is 1.60. The van der Waals surface area contributed by atoms with E-state index in [2.05, 4.69) is 13.0 Å². The van der Waals surface area contributed by atoms with Crippen molar-refractivity contribution in [1.29, 1.82) is 0 Å². The third kappa shape index (κ3) is 2.94. The van der Waals surface area contributed by atoms with E-state index in [1.54, 1.807) is 0 Å². The Labute approximate surface area is 115 Å². The molecule has 1 N–H and O–H groups in total. The molecule has 2 nitrogen and oxygen atoms in total. The molecule has 2 heteroatoms. The Morgan fingerprint density at radius 2 is 2.11 bits per heavy atom. The van der Waals surface area contributed by atoms with Crippen molar-refractivity contribution in [1.82, 2.24) is 0 Å². The second-order valence-electron chi connectivity index (χ2n) is 6.24. The van der Waals surface area contributed by atoms with Crippen LogP contribution in [0.3, 0.4) is 0 Å². The van der Waals surface area contributed by atoms with Crippen molar-refractivity contribution in [2.24, 2.45) is 5.92 Å². The van der Waals surface area contributed by atoms with Crippen LogP contribution >= 0.6 is 0 Å². The molecule has 2 unspecified atom stereocenters. The standard InChI is InChI=1S/C17H24O2/c1-12-10-15-11-14(7-9-17(15)19-12)16(18)8-6-13-4-2-3-5-13/h7,9,11-13,16,18H,2-6,8,10H2,1H3. The van der Waals surface area contributed by atoms with Gasteiger partial charge in [0.25, 0.3) is 0 Å². The summed E-state index contributed by atoms with van der Waals surface area (Å²) in [6, 6.07) is 6.18. The predicted molar refractivity (Wildman–Crippen MR) is 76.4 cm³/mol. The van der Waals surface area contributed by atoms with Crippen LogP contribution in [0.25, 0.3) is 0 Å². The first-order chi connectivity index (χ1) is 9.22. The summed E-state index contributed by atoms with van der Waals surface area (Å²) >= 11 is 0. The molecule has 1 aromatic carbocycles. The molecule has 1 aromatic rings. The zero-order chi connectivity index (χ0) is 13.2. The van der Waals surface area contributed by atoms with Gasteiger partial charge in [0, 0.05) is 6.42 Å². The summed E-state index contributed by atoms with van der Waals surface area (Å²) in [4.78, 5) is 0. The maximum Gasteiger partial charge on any atom is 0.123 e. The summed E-state index contributed by atoms with van der Waals surface area (Å²) in [6.45, 7) is 2.09. The highest BCUT2D eigenvalue weighted by molar-refractivity contribution is 5.41. The smallest absolute Gasteiger partial charge is 0.123 e. The van der Waals surface area contributed by atoms with Crippen molar-refractivity contribution >= 4 is 0 Å². The highest BCUT2D eigenvalue weighted by atomic mass is 16.5. The monoisotopic (exact) mass is 260 g/mol. The molecule has 0 bridgehead atoms. The lowest BCUT2D eigenvalue weighted by atomic mass is 9.95. The van der Waals surface area contributed by atoms with Gasteiger partial charge in [-0.15, -0.1) is 0 Å². The van der Waals surface area contributed by atoms with Gasteiger partial charge in [-0.3, -0.25) is 0 Å². The molecule has 3 rings (SSSR count). The number of rotatable bonds is 4. The number of benzene rings is 1. The molecule has 1 saturated carbocycles. The lowest BCUT2D eigenvalue weighted by Crippen LogP contribution is -2.05. The number of hydrogen-bond acceptors (Lipinski definition) is 2. The highest BCUT2D eigenvalue weighted by Gasteiger charge is 2.21. The fraction of sp³-hybridized carbons (Fsp3) is 0.647. The lowest BCUT2D eigenvalue weighted by molar-refractivity contribution is 0.157. The van der Waals surface area contributed by atoms with Crippen LogP contribution in [0.2, 0.25) is 0 Å². The Kier molecular flexibility index (Phi) is 3.79. The highest BCUT2D eigenvalue weighted by Crippen LogP contribution is 2.34. The third-order valence-electron chi connectivity index (χ3n) is 4.63. The number of hydrogen-bond donors (Lipinski definition) is 1. The molecule has 104 valence electrons. The summed E-state index contributed by atoms with van der Waals surface area (Å²) in [5, 5.41) is 10.3. The third-order valence-corrected chi connectivity index (χ3v) is 4.63. The second-order valence-corrected chi connectivity index (χ2v) is 6.24. The van der Waals surface area contributed by atoms with Crippen LogP contribution in [-0.2, 0) is 6.42 Å². The van der Waals surface area contributed by atoms with E-state index in [9.17, 15) is 5.11 Å². The summed E-state index contributed by atoms with van der Waals surface area (Å²) in [5.41, 5.74) is 2.32. The van der Waals surface area contributed by atoms with Crippen molar-refractivity contribution in [3.8, 4) is 5.75 Å². The number of aliphatic hydroxyl groups excluding tert-OH is 1. The summed E-state index contributed by atoms with van der Waals surface area (Å²) in [6.07, 6.45) is 8.51. The maximum absolute atomic E-state index is 10.3. The first kappa shape index (κ1) is 13.0. The fourth-order valence-corrected chi connectivity index (χ4v) is 3.51. The lowest BCUT2D eigenvalue weighted by Gasteiger charge is -2.15. The molecule has 1 aliphatic heterocycles. The molecule has 19 heavy (non-hydrogen) atoms. The molecule has 1 heterocycles. The summed E-state index contributed by atoms with van der Waals surface area (Å²) in [5.74, 6) is 1.85. The van der Waals surface area contributed by atoms with Gasteiger partial charge in [0.1, 0.15) is 11.9 Å². The number of ether oxygens (including phenoxy) is 1. The van der Waals surface area contributed by atoms with E-state index in [0.717, 1.165) is 30.1 Å². The van der Waals surface area contributed by atoms with Crippen molar-refractivity contribution in [2.45, 2.75) is 64.1 Å². The Morgan fingerprint density at radius 1 is 1.32 bits per heavy atom. The van der Waals surface area contributed by atoms with Crippen molar-refractivity contribution in [3.63, 3.8) is 0 Å². The van der Waals surface area contributed by atoms with Gasteiger partial charge in [-0.05, 0) is 48.9 Å². The average molecular weight is 260 g/mol. The van der Waals surface area contributed by atoms with E-state index in [1.165, 1.54) is 37.7 Å². The minimum atomic E-state index is -0.304. The van der Waals surface area contributed by atoms with Crippen LogP contribution < -0.4 is 4.74 Å². The van der Waals surface area contributed by atoms with Gasteiger partial charge in [0.05, 0.1) is 6.10 Å². The molecule has 0 radical (unpaired) electrons. The quantitative estimate of drug-likeness (QED) is 0.886. The van der Waals surface area contributed by atoms with Crippen LogP contribution in [0.1, 0.15) is 62.7 Å². The van der Waals surface area contributed by atoms with E-state index in [0.29, 0.717) is 0 Å². The van der Waals surface area contributed by atoms with Gasteiger partial charge in [0.2, 0.25) is 0 Å². The summed E-state index contributed by atoms with van der Waals surface area (Å²) < 4.78 is 5.70. The zero-order valence-corrected chi connectivity index (χ0v) is 11.8. The fourth-order valence-electron chi connectivity index (χ4n) is 3.51. The van der Waals surface area contributed by atoms with E-state index in [4.69, 9.17) is 4.74 Å². The molecule has 2 aliphatic rings. The van der Waals surface area contributed by atoms with Gasteiger partial charge < -0.3 is 9.84 Å². The zero-order valence-electron chi connectivity index (χ0n) is 11.8. The van der Waals surface area contributed by atoms with Gasteiger partial charge in [0.15, 0.2) is 0 Å². The van der Waals surface area contributed by atoms with E-state index < -0.39 is 0 Å². The molecular weight excluding hydrogens is 236 g/mol. The molecule has 0 saturated heterocycles. The average Bonchev–Trinajstić information content (AvgIpc) is 3.02. The molecule has 1 fully saturated rings. The normalized spacial score (nSPS) is 24.2. The maximum atomic E-state index is 10.3. The largest absolute Gasteiger partial charge is 0.490 e. The van der Waals surface area contributed by atoms with Crippen LogP contribution in [0, 0.1) is 5.92 Å². The minimum absolute atomic E-state index is 0.279. The van der Waals surface area contributed by atoms with Crippen molar-refractivity contribution < 1.29 is 9.84 Å². The van der Waals surface area contributed by atoms with Crippen molar-refractivity contribution in [3.05, 3.63) is 29.3 Å². The van der Waals surface area contributed by atoms with Crippen LogP contribution in [0.4, 0.5) is 0 Å². The Morgan fingerprint density at radius 3 is 2.89 bits per heavy atom. The minimum Gasteiger partial charge on any atom is -0.490 e. The topological polar surface area (TPSA) is 29.5 Å². The molecule has 2 atom stereocenters. The van der Waals surface area contributed by atoms with E-state index >= 15 is 0 Å². The Hall–Kier alpha value is -1.02. The number of fused-ring (bicyclic) bond motifs is 1. The van der Waals surface area contributed by atoms with Crippen LogP contribution in [-0.4, -0.2) is 11.2 Å². The second kappa shape index (κ2) is 5.54. The Bertz CT molecular complexity index is 435. The molecule has 0 aromatic heterocycles. The SMILES string of the molecule is CC1Cc2cc(C(O)CCC3CCCC3)ccc2O1. The van der Waals surface area contributed by atoms with Gasteiger partial charge in [-0.1, -0.05) is 31.7 Å². The molecule has 0 amide bonds. The van der Waals surface area contributed by atoms with E-state index in [-0.39, 0.29) is 12.2 Å². The summed E-state index contributed by atoms with van der Waals surface area (Å²) in [7, 11) is 0. The molecule has 1 aliphatic carbocycles. The number of aliphatic hydroxyl groups is 1.